The van der Waals surface area contributed by atoms with Gasteiger partial charge in [-0.15, -0.1) is 0 Å². The number of nitrogens with zero attached hydrogens (tertiary/aromatic N) is 2. The van der Waals surface area contributed by atoms with Crippen molar-refractivity contribution in [3.63, 3.8) is 0 Å². The number of nitrogens with one attached hydrogen (secondary N) is 2. The molecule has 0 saturated carbocycles. The molecule has 2 fully saturated rings. The van der Waals surface area contributed by atoms with Gasteiger partial charge in [0.1, 0.15) is 6.04 Å². The van der Waals surface area contributed by atoms with Gasteiger partial charge in [0.2, 0.25) is 11.8 Å². The molecule has 162 valence electrons. The summed E-state index contributed by atoms with van der Waals surface area (Å²) in [6.07, 6.45) is 2.92. The highest BCUT2D eigenvalue weighted by Gasteiger charge is 2.40. The minimum Gasteiger partial charge on any atom is -0.322 e. The summed E-state index contributed by atoms with van der Waals surface area (Å²) in [6.45, 7) is 8.73. The molecule has 0 radical (unpaired) electrons. The van der Waals surface area contributed by atoms with Crippen LogP contribution in [-0.2, 0) is 22.7 Å². The van der Waals surface area contributed by atoms with Crippen molar-refractivity contribution < 1.29 is 14.4 Å². The number of rotatable bonds is 6. The van der Waals surface area contributed by atoms with E-state index in [-0.39, 0.29) is 24.1 Å². The van der Waals surface area contributed by atoms with E-state index in [1.54, 1.807) is 4.90 Å². The topological polar surface area (TPSA) is 81.8 Å². The lowest BCUT2D eigenvalue weighted by atomic mass is 9.98. The van der Waals surface area contributed by atoms with Crippen LogP contribution in [0.2, 0.25) is 0 Å². The third-order valence-electron chi connectivity index (χ3n) is 6.44. The van der Waals surface area contributed by atoms with Crippen molar-refractivity contribution in [1.82, 2.24) is 20.4 Å². The van der Waals surface area contributed by atoms with Gasteiger partial charge in [-0.2, -0.15) is 0 Å². The Bertz CT molecular complexity index is 832. The molecule has 1 aromatic rings. The third-order valence-corrected chi connectivity index (χ3v) is 6.44. The Balaban J connectivity index is 1.56. The van der Waals surface area contributed by atoms with E-state index in [1.165, 1.54) is 0 Å². The lowest BCUT2D eigenvalue weighted by Gasteiger charge is -2.36. The summed E-state index contributed by atoms with van der Waals surface area (Å²) >= 11 is 0. The SMILES string of the molecule is CC(C)CN(Cc1cccc2c1C(=O)N(C1CCC(=O)NC1=O)C2)C1CCNCC1. The maximum absolute atomic E-state index is 13.4. The summed E-state index contributed by atoms with van der Waals surface area (Å²) in [5.74, 6) is -0.144. The van der Waals surface area contributed by atoms with E-state index in [1.807, 2.05) is 12.1 Å². The molecule has 3 aliphatic rings. The van der Waals surface area contributed by atoms with Gasteiger partial charge in [0.15, 0.2) is 0 Å². The van der Waals surface area contributed by atoms with Crippen LogP contribution in [0, 0.1) is 5.92 Å². The smallest absolute Gasteiger partial charge is 0.255 e. The first-order valence-corrected chi connectivity index (χ1v) is 11.1. The zero-order valence-electron chi connectivity index (χ0n) is 17.9. The Labute approximate surface area is 178 Å². The van der Waals surface area contributed by atoms with E-state index in [4.69, 9.17) is 0 Å². The van der Waals surface area contributed by atoms with Crippen molar-refractivity contribution in [1.29, 1.82) is 0 Å². The molecule has 2 saturated heterocycles. The second-order valence-electron chi connectivity index (χ2n) is 9.16. The van der Waals surface area contributed by atoms with Crippen molar-refractivity contribution in [3.8, 4) is 0 Å². The molecule has 1 unspecified atom stereocenters. The molecule has 30 heavy (non-hydrogen) atoms. The van der Waals surface area contributed by atoms with E-state index >= 15 is 0 Å². The number of imide groups is 1. The van der Waals surface area contributed by atoms with E-state index in [9.17, 15) is 14.4 Å². The lowest BCUT2D eigenvalue weighted by Crippen LogP contribution is -2.52. The van der Waals surface area contributed by atoms with E-state index < -0.39 is 6.04 Å². The Hall–Kier alpha value is -2.25. The zero-order valence-corrected chi connectivity index (χ0v) is 17.9. The first kappa shape index (κ1) is 21.0. The normalized spacial score (nSPS) is 22.7. The maximum Gasteiger partial charge on any atom is 0.255 e. The lowest BCUT2D eigenvalue weighted by molar-refractivity contribution is -0.136. The summed E-state index contributed by atoms with van der Waals surface area (Å²) in [4.78, 5) is 41.4. The van der Waals surface area contributed by atoms with Gasteiger partial charge >= 0.3 is 0 Å². The summed E-state index contributed by atoms with van der Waals surface area (Å²) in [5.41, 5.74) is 2.79. The first-order valence-electron chi connectivity index (χ1n) is 11.1. The minimum absolute atomic E-state index is 0.0788. The van der Waals surface area contributed by atoms with Crippen LogP contribution in [0.3, 0.4) is 0 Å². The monoisotopic (exact) mass is 412 g/mol. The number of carbonyl (C=O) groups is 3. The van der Waals surface area contributed by atoms with Crippen LogP contribution in [0.15, 0.2) is 18.2 Å². The van der Waals surface area contributed by atoms with Gasteiger partial charge < -0.3 is 10.2 Å². The van der Waals surface area contributed by atoms with E-state index in [2.05, 4.69) is 35.4 Å². The molecule has 0 bridgehead atoms. The average Bonchev–Trinajstić information content (AvgIpc) is 3.05. The second kappa shape index (κ2) is 8.86. The fraction of sp³-hybridized carbons (Fsp3) is 0.609. The second-order valence-corrected chi connectivity index (χ2v) is 9.16. The third kappa shape index (κ3) is 4.27. The van der Waals surface area contributed by atoms with Gasteiger partial charge in [-0.05, 0) is 49.4 Å². The van der Waals surface area contributed by atoms with Crippen molar-refractivity contribution in [2.75, 3.05) is 19.6 Å². The molecule has 1 atom stereocenters. The van der Waals surface area contributed by atoms with Crippen LogP contribution in [0.4, 0.5) is 0 Å². The molecule has 2 N–H and O–H groups in total. The van der Waals surface area contributed by atoms with Gasteiger partial charge in [0.05, 0.1) is 0 Å². The van der Waals surface area contributed by atoms with Gasteiger partial charge in [0.25, 0.3) is 5.91 Å². The Kier molecular flexibility index (Phi) is 6.20. The maximum atomic E-state index is 13.4. The Morgan fingerprint density at radius 1 is 1.13 bits per heavy atom. The molecular weight excluding hydrogens is 380 g/mol. The Morgan fingerprint density at radius 3 is 2.60 bits per heavy atom. The molecule has 3 heterocycles. The molecular formula is C23H32N4O3. The number of hydrogen-bond acceptors (Lipinski definition) is 5. The number of piperidine rings is 2. The number of benzene rings is 1. The minimum atomic E-state index is -0.563. The molecule has 3 amide bonds. The molecule has 0 spiro atoms. The standard InChI is InChI=1S/C23H32N4O3/c1-15(2)12-26(18-8-10-24-11-9-18)13-16-4-3-5-17-14-27(23(30)21(16)17)19-6-7-20(28)25-22(19)29/h3-5,15,18-19,24H,6-14H2,1-2H3,(H,25,28,29). The van der Waals surface area contributed by atoms with Crippen molar-refractivity contribution in [2.24, 2.45) is 5.92 Å². The highest BCUT2D eigenvalue weighted by atomic mass is 16.2. The van der Waals surface area contributed by atoms with Gasteiger partial charge in [-0.25, -0.2) is 0 Å². The molecule has 3 aliphatic heterocycles. The van der Waals surface area contributed by atoms with Crippen LogP contribution < -0.4 is 10.6 Å². The number of hydrogen-bond donors (Lipinski definition) is 2. The fourth-order valence-corrected chi connectivity index (χ4v) is 5.02. The fourth-order valence-electron chi connectivity index (χ4n) is 5.02. The van der Waals surface area contributed by atoms with Crippen LogP contribution in [-0.4, -0.2) is 59.2 Å². The van der Waals surface area contributed by atoms with Crippen LogP contribution in [0.25, 0.3) is 0 Å². The van der Waals surface area contributed by atoms with Crippen LogP contribution in [0.5, 0.6) is 0 Å². The zero-order chi connectivity index (χ0) is 21.3. The number of carbonyl (C=O) groups excluding carboxylic acids is 3. The predicted molar refractivity (Wildman–Crippen MR) is 114 cm³/mol. The number of fused-ring (bicyclic) bond motifs is 1. The highest BCUT2D eigenvalue weighted by Crippen LogP contribution is 2.31. The largest absolute Gasteiger partial charge is 0.322 e. The number of amides is 3. The predicted octanol–water partition coefficient (Wildman–Crippen LogP) is 1.66. The van der Waals surface area contributed by atoms with Gasteiger partial charge in [-0.3, -0.25) is 24.6 Å². The molecule has 1 aromatic carbocycles. The van der Waals surface area contributed by atoms with Crippen LogP contribution >= 0.6 is 0 Å². The average molecular weight is 413 g/mol. The quantitative estimate of drug-likeness (QED) is 0.695. The van der Waals surface area contributed by atoms with E-state index in [0.717, 1.165) is 55.7 Å². The summed E-state index contributed by atoms with van der Waals surface area (Å²) in [7, 11) is 0. The van der Waals surface area contributed by atoms with Crippen LogP contribution in [0.1, 0.15) is 61.0 Å². The Morgan fingerprint density at radius 2 is 1.90 bits per heavy atom. The highest BCUT2D eigenvalue weighted by molar-refractivity contribution is 6.05. The molecule has 4 rings (SSSR count). The van der Waals surface area contributed by atoms with Crippen molar-refractivity contribution in [2.45, 2.75) is 64.7 Å². The van der Waals surface area contributed by atoms with Gasteiger partial charge in [0, 0.05) is 37.7 Å². The summed E-state index contributed by atoms with van der Waals surface area (Å²) in [6, 6.07) is 6.02. The van der Waals surface area contributed by atoms with Crippen molar-refractivity contribution in [3.05, 3.63) is 34.9 Å². The van der Waals surface area contributed by atoms with Crippen molar-refractivity contribution >= 4 is 17.7 Å². The summed E-state index contributed by atoms with van der Waals surface area (Å²) in [5, 5.41) is 5.81. The molecule has 0 aromatic heterocycles. The summed E-state index contributed by atoms with van der Waals surface area (Å²) < 4.78 is 0. The molecule has 7 nitrogen and oxygen atoms in total. The molecule has 0 aliphatic carbocycles. The van der Waals surface area contributed by atoms with Gasteiger partial charge in [-0.1, -0.05) is 32.0 Å². The molecule has 7 heteroatoms. The first-order chi connectivity index (χ1) is 14.4. The van der Waals surface area contributed by atoms with E-state index in [0.29, 0.717) is 24.9 Å².